The molecule has 0 fully saturated rings. The topological polar surface area (TPSA) is 43.8 Å². The predicted octanol–water partition coefficient (Wildman–Crippen LogP) is 1.94. The summed E-state index contributed by atoms with van der Waals surface area (Å²) in [5.41, 5.74) is 5.90. The fourth-order valence-electron chi connectivity index (χ4n) is 1.77. The monoisotopic (exact) mass is 237 g/mol. The molecule has 0 saturated carbocycles. The molecule has 0 aliphatic heterocycles. The van der Waals surface area contributed by atoms with Gasteiger partial charge in [-0.3, -0.25) is 0 Å². The molecule has 1 heterocycles. The molecule has 2 rings (SSSR count). The lowest BCUT2D eigenvalue weighted by atomic mass is 10.0. The molecule has 0 saturated heterocycles. The van der Waals surface area contributed by atoms with Crippen molar-refractivity contribution in [2.75, 3.05) is 0 Å². The van der Waals surface area contributed by atoms with E-state index in [-0.39, 0.29) is 12.0 Å². The fraction of sp³-hybridized carbons (Fsp3) is 0.250. The minimum atomic E-state index is -0.574. The molecule has 0 radical (unpaired) electrons. The van der Waals surface area contributed by atoms with E-state index in [9.17, 15) is 8.78 Å². The second-order valence-corrected chi connectivity index (χ2v) is 3.91. The molecular weight excluding hydrogens is 224 g/mol. The number of nitrogens with zero attached hydrogens (tertiary/aromatic N) is 2. The van der Waals surface area contributed by atoms with E-state index in [1.165, 1.54) is 18.2 Å². The van der Waals surface area contributed by atoms with Gasteiger partial charge in [0, 0.05) is 31.4 Å². The van der Waals surface area contributed by atoms with Gasteiger partial charge in [-0.25, -0.2) is 13.8 Å². The van der Waals surface area contributed by atoms with Crippen molar-refractivity contribution in [3.63, 3.8) is 0 Å². The van der Waals surface area contributed by atoms with E-state index in [1.807, 2.05) is 0 Å². The number of rotatable bonds is 3. The number of hydrogen-bond acceptors (Lipinski definition) is 2. The van der Waals surface area contributed by atoms with Crippen LogP contribution in [0.15, 0.2) is 30.6 Å². The van der Waals surface area contributed by atoms with Crippen LogP contribution in [0.2, 0.25) is 0 Å². The molecule has 0 spiro atoms. The van der Waals surface area contributed by atoms with Crippen molar-refractivity contribution < 1.29 is 8.78 Å². The van der Waals surface area contributed by atoms with Crippen LogP contribution in [0, 0.1) is 11.6 Å². The number of nitrogens with two attached hydrogens (primary N) is 1. The summed E-state index contributed by atoms with van der Waals surface area (Å²) in [7, 11) is 1.79. The fourth-order valence-corrected chi connectivity index (χ4v) is 1.77. The van der Waals surface area contributed by atoms with Gasteiger partial charge in [0.1, 0.15) is 17.5 Å². The molecule has 0 amide bonds. The van der Waals surface area contributed by atoms with Crippen LogP contribution in [-0.2, 0) is 13.5 Å². The van der Waals surface area contributed by atoms with Gasteiger partial charge in [0.05, 0.1) is 6.04 Å². The molecule has 1 aromatic carbocycles. The van der Waals surface area contributed by atoms with Crippen molar-refractivity contribution in [2.45, 2.75) is 12.5 Å². The molecule has 0 aliphatic carbocycles. The molecular formula is C12H13F2N3. The molecule has 1 aromatic heterocycles. The predicted molar refractivity (Wildman–Crippen MR) is 60.2 cm³/mol. The Bertz CT molecular complexity index is 502. The van der Waals surface area contributed by atoms with Crippen molar-refractivity contribution in [3.05, 3.63) is 53.6 Å². The van der Waals surface area contributed by atoms with Crippen LogP contribution < -0.4 is 5.73 Å². The van der Waals surface area contributed by atoms with E-state index >= 15 is 0 Å². The highest BCUT2D eigenvalue weighted by Gasteiger charge is 2.16. The van der Waals surface area contributed by atoms with Gasteiger partial charge in [0.25, 0.3) is 0 Å². The average molecular weight is 237 g/mol. The van der Waals surface area contributed by atoms with Crippen LogP contribution in [0.5, 0.6) is 0 Å². The lowest BCUT2D eigenvalue weighted by Crippen LogP contribution is -2.19. The first-order valence-electron chi connectivity index (χ1n) is 5.25. The van der Waals surface area contributed by atoms with Crippen LogP contribution in [0.1, 0.15) is 17.4 Å². The van der Waals surface area contributed by atoms with E-state index < -0.39 is 17.7 Å². The summed E-state index contributed by atoms with van der Waals surface area (Å²) in [6.07, 6.45) is 3.43. The SMILES string of the molecule is Cn1ccnc1C(N)Cc1c(F)cccc1F. The van der Waals surface area contributed by atoms with Crippen molar-refractivity contribution >= 4 is 0 Å². The summed E-state index contributed by atoms with van der Waals surface area (Å²) in [4.78, 5) is 4.06. The Balaban J connectivity index is 2.25. The van der Waals surface area contributed by atoms with E-state index in [1.54, 1.807) is 24.0 Å². The first-order valence-corrected chi connectivity index (χ1v) is 5.25. The maximum atomic E-state index is 13.4. The molecule has 17 heavy (non-hydrogen) atoms. The zero-order valence-corrected chi connectivity index (χ0v) is 9.40. The van der Waals surface area contributed by atoms with Crippen LogP contribution in [0.4, 0.5) is 8.78 Å². The van der Waals surface area contributed by atoms with E-state index in [4.69, 9.17) is 5.73 Å². The zero-order chi connectivity index (χ0) is 12.4. The Morgan fingerprint density at radius 2 is 2.00 bits per heavy atom. The third-order valence-electron chi connectivity index (χ3n) is 2.68. The summed E-state index contributed by atoms with van der Waals surface area (Å²) in [5, 5.41) is 0. The number of imidazole rings is 1. The maximum absolute atomic E-state index is 13.4. The van der Waals surface area contributed by atoms with Gasteiger partial charge in [0.15, 0.2) is 0 Å². The van der Waals surface area contributed by atoms with E-state index in [0.29, 0.717) is 5.82 Å². The molecule has 90 valence electrons. The first-order chi connectivity index (χ1) is 8.09. The van der Waals surface area contributed by atoms with Gasteiger partial charge in [-0.05, 0) is 12.1 Å². The number of hydrogen-bond donors (Lipinski definition) is 1. The Kier molecular flexibility index (Phi) is 3.19. The summed E-state index contributed by atoms with van der Waals surface area (Å²) in [6, 6.07) is 3.26. The second-order valence-electron chi connectivity index (χ2n) is 3.91. The zero-order valence-electron chi connectivity index (χ0n) is 9.40. The van der Waals surface area contributed by atoms with Gasteiger partial charge < -0.3 is 10.3 Å². The highest BCUT2D eigenvalue weighted by Crippen LogP contribution is 2.19. The van der Waals surface area contributed by atoms with Crippen LogP contribution in [0.25, 0.3) is 0 Å². The highest BCUT2D eigenvalue weighted by atomic mass is 19.1. The van der Waals surface area contributed by atoms with Gasteiger partial charge in [-0.15, -0.1) is 0 Å². The third-order valence-corrected chi connectivity index (χ3v) is 2.68. The number of benzene rings is 1. The normalized spacial score (nSPS) is 12.7. The van der Waals surface area contributed by atoms with Gasteiger partial charge >= 0.3 is 0 Å². The molecule has 0 bridgehead atoms. The van der Waals surface area contributed by atoms with E-state index in [2.05, 4.69) is 4.98 Å². The van der Waals surface area contributed by atoms with Crippen molar-refractivity contribution in [1.29, 1.82) is 0 Å². The third kappa shape index (κ3) is 2.34. The largest absolute Gasteiger partial charge is 0.337 e. The first kappa shape index (κ1) is 11.7. The quantitative estimate of drug-likeness (QED) is 0.886. The number of aryl methyl sites for hydroxylation is 1. The minimum Gasteiger partial charge on any atom is -0.337 e. The molecule has 5 heteroatoms. The Hall–Kier alpha value is -1.75. The summed E-state index contributed by atoms with van der Waals surface area (Å²) < 4.78 is 28.6. The summed E-state index contributed by atoms with van der Waals surface area (Å²) >= 11 is 0. The van der Waals surface area contributed by atoms with E-state index in [0.717, 1.165) is 0 Å². The lowest BCUT2D eigenvalue weighted by Gasteiger charge is -2.12. The van der Waals surface area contributed by atoms with Crippen LogP contribution in [0.3, 0.4) is 0 Å². The Morgan fingerprint density at radius 1 is 1.35 bits per heavy atom. The summed E-state index contributed by atoms with van der Waals surface area (Å²) in [6.45, 7) is 0. The van der Waals surface area contributed by atoms with Crippen molar-refractivity contribution in [3.8, 4) is 0 Å². The minimum absolute atomic E-state index is 0.00278. The Morgan fingerprint density at radius 3 is 2.53 bits per heavy atom. The molecule has 0 aliphatic rings. The standard InChI is InChI=1S/C12H13F2N3/c1-17-6-5-16-12(17)11(15)7-8-9(13)3-2-4-10(8)14/h2-6,11H,7,15H2,1H3. The van der Waals surface area contributed by atoms with Crippen molar-refractivity contribution in [2.24, 2.45) is 12.8 Å². The Labute approximate surface area is 97.9 Å². The average Bonchev–Trinajstić information content (AvgIpc) is 2.70. The molecule has 2 N–H and O–H groups in total. The molecule has 1 atom stereocenters. The second kappa shape index (κ2) is 4.63. The number of halogens is 2. The highest BCUT2D eigenvalue weighted by molar-refractivity contribution is 5.21. The van der Waals surface area contributed by atoms with Gasteiger partial charge in [-0.2, -0.15) is 0 Å². The molecule has 2 aromatic rings. The lowest BCUT2D eigenvalue weighted by molar-refractivity contribution is 0.529. The van der Waals surface area contributed by atoms with Crippen molar-refractivity contribution in [1.82, 2.24) is 9.55 Å². The number of aromatic nitrogens is 2. The smallest absolute Gasteiger partial charge is 0.129 e. The molecule has 1 unspecified atom stereocenters. The molecule has 3 nitrogen and oxygen atoms in total. The van der Waals surface area contributed by atoms with Gasteiger partial charge in [-0.1, -0.05) is 6.07 Å². The van der Waals surface area contributed by atoms with Crippen LogP contribution in [-0.4, -0.2) is 9.55 Å². The maximum Gasteiger partial charge on any atom is 0.129 e. The van der Waals surface area contributed by atoms with Gasteiger partial charge in [0.2, 0.25) is 0 Å². The summed E-state index contributed by atoms with van der Waals surface area (Å²) in [5.74, 6) is -0.544. The van der Waals surface area contributed by atoms with Crippen LogP contribution >= 0.6 is 0 Å².